The van der Waals surface area contributed by atoms with Crippen LogP contribution in [0.5, 0.6) is 5.75 Å². The van der Waals surface area contributed by atoms with Crippen molar-refractivity contribution < 1.29 is 14.3 Å². The average molecular weight is 417 g/mol. The smallest absolute Gasteiger partial charge is 0.262 e. The monoisotopic (exact) mass is 416 g/mol. The molecular weight excluding hydrogens is 396 g/mol. The molecule has 2 aromatic carbocycles. The summed E-state index contributed by atoms with van der Waals surface area (Å²) in [4.78, 5) is 24.2. The average Bonchev–Trinajstić information content (AvgIpc) is 3.43. The van der Waals surface area contributed by atoms with Crippen molar-refractivity contribution in [3.05, 3.63) is 52.0 Å². The first-order chi connectivity index (χ1) is 12.4. The molecule has 1 aliphatic rings. The summed E-state index contributed by atoms with van der Waals surface area (Å²) in [7, 11) is 0. The van der Waals surface area contributed by atoms with Crippen LogP contribution in [-0.2, 0) is 9.59 Å². The molecule has 2 aromatic rings. The number of benzene rings is 2. The Morgan fingerprint density at radius 2 is 1.81 bits per heavy atom. The molecule has 2 N–H and O–H groups in total. The van der Waals surface area contributed by atoms with Crippen LogP contribution in [0, 0.1) is 19.8 Å². The Balaban J connectivity index is 1.60. The molecule has 1 aliphatic carbocycles. The van der Waals surface area contributed by atoms with E-state index in [2.05, 4.69) is 26.6 Å². The second-order valence-corrected chi connectivity index (χ2v) is 7.37. The largest absolute Gasteiger partial charge is 0.483 e. The van der Waals surface area contributed by atoms with Crippen LogP contribution in [0.3, 0.4) is 0 Å². The lowest BCUT2D eigenvalue weighted by atomic mass is 10.1. The summed E-state index contributed by atoms with van der Waals surface area (Å²) >= 11 is 3.43. The van der Waals surface area contributed by atoms with Gasteiger partial charge < -0.3 is 15.4 Å². The Morgan fingerprint density at radius 1 is 1.12 bits per heavy atom. The number of hydrogen-bond acceptors (Lipinski definition) is 3. The van der Waals surface area contributed by atoms with E-state index in [9.17, 15) is 9.59 Å². The van der Waals surface area contributed by atoms with Gasteiger partial charge in [-0.2, -0.15) is 0 Å². The Bertz CT molecular complexity index is 847. The Morgan fingerprint density at radius 3 is 2.46 bits per heavy atom. The molecule has 0 heterocycles. The summed E-state index contributed by atoms with van der Waals surface area (Å²) in [5, 5.41) is 5.77. The number of ether oxygens (including phenoxy) is 1. The van der Waals surface area contributed by atoms with Crippen LogP contribution >= 0.6 is 15.9 Å². The molecule has 5 nitrogen and oxygen atoms in total. The second kappa shape index (κ2) is 7.91. The number of aryl methyl sites for hydroxylation is 1. The van der Waals surface area contributed by atoms with Gasteiger partial charge in [-0.3, -0.25) is 9.59 Å². The van der Waals surface area contributed by atoms with Crippen LogP contribution in [0.15, 0.2) is 40.9 Å². The van der Waals surface area contributed by atoms with E-state index in [-0.39, 0.29) is 24.3 Å². The number of nitrogens with one attached hydrogen (secondary N) is 2. The zero-order chi connectivity index (χ0) is 18.7. The van der Waals surface area contributed by atoms with Crippen LogP contribution < -0.4 is 15.4 Å². The predicted molar refractivity (Wildman–Crippen MR) is 106 cm³/mol. The van der Waals surface area contributed by atoms with E-state index in [0.717, 1.165) is 34.1 Å². The maximum absolute atomic E-state index is 12.2. The quantitative estimate of drug-likeness (QED) is 0.731. The van der Waals surface area contributed by atoms with E-state index < -0.39 is 0 Å². The van der Waals surface area contributed by atoms with Gasteiger partial charge in [-0.25, -0.2) is 0 Å². The highest BCUT2D eigenvalue weighted by molar-refractivity contribution is 9.10. The van der Waals surface area contributed by atoms with Gasteiger partial charge in [-0.05, 0) is 78.0 Å². The first-order valence-electron chi connectivity index (χ1n) is 8.53. The lowest BCUT2D eigenvalue weighted by molar-refractivity contribution is -0.118. The van der Waals surface area contributed by atoms with E-state index >= 15 is 0 Å². The van der Waals surface area contributed by atoms with E-state index in [4.69, 9.17) is 4.74 Å². The minimum Gasteiger partial charge on any atom is -0.483 e. The maximum Gasteiger partial charge on any atom is 0.262 e. The fraction of sp³-hybridized carbons (Fsp3) is 0.300. The third-order valence-electron chi connectivity index (χ3n) is 4.26. The normalized spacial score (nSPS) is 13.2. The van der Waals surface area contributed by atoms with Crippen molar-refractivity contribution in [1.29, 1.82) is 0 Å². The zero-order valence-electron chi connectivity index (χ0n) is 14.8. The molecular formula is C20H21BrN2O3. The molecule has 26 heavy (non-hydrogen) atoms. The highest BCUT2D eigenvalue weighted by Crippen LogP contribution is 2.31. The number of hydrogen-bond donors (Lipinski definition) is 2. The lowest BCUT2D eigenvalue weighted by Crippen LogP contribution is -2.21. The summed E-state index contributed by atoms with van der Waals surface area (Å²) in [6, 6.07) is 11.1. The van der Waals surface area contributed by atoms with E-state index in [1.165, 1.54) is 0 Å². The maximum atomic E-state index is 12.2. The number of halogens is 1. The summed E-state index contributed by atoms with van der Waals surface area (Å²) in [5.74, 6) is 0.539. The van der Waals surface area contributed by atoms with E-state index in [1.54, 1.807) is 0 Å². The number of amides is 2. The molecule has 2 amide bonds. The number of rotatable bonds is 6. The number of anilines is 2. The highest BCUT2D eigenvalue weighted by atomic mass is 79.9. The summed E-state index contributed by atoms with van der Waals surface area (Å²) < 4.78 is 6.38. The Hall–Kier alpha value is -2.34. The molecule has 0 aliphatic heterocycles. The molecule has 136 valence electrons. The van der Waals surface area contributed by atoms with E-state index in [0.29, 0.717) is 11.4 Å². The molecule has 0 radical (unpaired) electrons. The molecule has 0 atom stereocenters. The van der Waals surface area contributed by atoms with Gasteiger partial charge in [0.1, 0.15) is 5.75 Å². The molecule has 0 aromatic heterocycles. The first-order valence-corrected chi connectivity index (χ1v) is 9.32. The SMILES string of the molecule is Cc1ccc(OCC(=O)Nc2cccc(NC(=O)C3CC3)c2C)c(Br)c1. The Labute approximate surface area is 161 Å². The van der Waals surface area contributed by atoms with Crippen LogP contribution in [0.4, 0.5) is 11.4 Å². The van der Waals surface area contributed by atoms with Gasteiger partial charge in [-0.1, -0.05) is 12.1 Å². The predicted octanol–water partition coefficient (Wildman–Crippen LogP) is 4.43. The minimum absolute atomic E-state index is 0.0455. The first kappa shape index (κ1) is 18.5. The van der Waals surface area contributed by atoms with Crippen molar-refractivity contribution >= 4 is 39.1 Å². The zero-order valence-corrected chi connectivity index (χ0v) is 16.4. The van der Waals surface area contributed by atoms with Gasteiger partial charge in [0, 0.05) is 17.3 Å². The molecule has 0 saturated heterocycles. The van der Waals surface area contributed by atoms with Crippen LogP contribution in [0.25, 0.3) is 0 Å². The summed E-state index contributed by atoms with van der Waals surface area (Å²) in [5.41, 5.74) is 3.32. The Kier molecular flexibility index (Phi) is 5.61. The topological polar surface area (TPSA) is 67.4 Å². The summed E-state index contributed by atoms with van der Waals surface area (Å²) in [6.07, 6.45) is 1.90. The van der Waals surface area contributed by atoms with Gasteiger partial charge in [-0.15, -0.1) is 0 Å². The third-order valence-corrected chi connectivity index (χ3v) is 4.88. The highest BCUT2D eigenvalue weighted by Gasteiger charge is 2.29. The van der Waals surface area contributed by atoms with Crippen LogP contribution in [0.1, 0.15) is 24.0 Å². The van der Waals surface area contributed by atoms with Crippen LogP contribution in [-0.4, -0.2) is 18.4 Å². The molecule has 0 unspecified atom stereocenters. The van der Waals surface area contributed by atoms with Crippen molar-refractivity contribution in [3.8, 4) is 5.75 Å². The molecule has 0 bridgehead atoms. The molecule has 3 rings (SSSR count). The van der Waals surface area contributed by atoms with Crippen molar-refractivity contribution in [2.24, 2.45) is 5.92 Å². The fourth-order valence-corrected chi connectivity index (χ4v) is 3.15. The molecule has 6 heteroatoms. The molecule has 1 fully saturated rings. The van der Waals surface area contributed by atoms with Crippen LogP contribution in [0.2, 0.25) is 0 Å². The van der Waals surface area contributed by atoms with Gasteiger partial charge in [0.15, 0.2) is 6.61 Å². The van der Waals surface area contributed by atoms with Crippen molar-refractivity contribution in [2.75, 3.05) is 17.2 Å². The van der Waals surface area contributed by atoms with Gasteiger partial charge in [0.2, 0.25) is 5.91 Å². The molecule has 0 spiro atoms. The lowest BCUT2D eigenvalue weighted by Gasteiger charge is -2.14. The standard InChI is InChI=1S/C20H21BrN2O3/c1-12-6-9-18(15(21)10-12)26-11-19(24)22-16-4-3-5-17(13(16)2)23-20(25)14-7-8-14/h3-6,9-10,14H,7-8,11H2,1-2H3,(H,22,24)(H,23,25). The van der Waals surface area contributed by atoms with Gasteiger partial charge >= 0.3 is 0 Å². The summed E-state index contributed by atoms with van der Waals surface area (Å²) in [6.45, 7) is 3.76. The number of carbonyl (C=O) groups excluding carboxylic acids is 2. The number of carbonyl (C=O) groups is 2. The van der Waals surface area contributed by atoms with Gasteiger partial charge in [0.05, 0.1) is 4.47 Å². The third kappa shape index (κ3) is 4.64. The van der Waals surface area contributed by atoms with Gasteiger partial charge in [0.25, 0.3) is 5.91 Å². The fourth-order valence-electron chi connectivity index (χ4n) is 2.54. The van der Waals surface area contributed by atoms with Crippen molar-refractivity contribution in [2.45, 2.75) is 26.7 Å². The molecule has 1 saturated carbocycles. The van der Waals surface area contributed by atoms with Crippen molar-refractivity contribution in [3.63, 3.8) is 0 Å². The van der Waals surface area contributed by atoms with Crippen molar-refractivity contribution in [1.82, 2.24) is 0 Å². The second-order valence-electron chi connectivity index (χ2n) is 6.51. The minimum atomic E-state index is -0.258. The van der Waals surface area contributed by atoms with E-state index in [1.807, 2.05) is 50.2 Å².